The van der Waals surface area contributed by atoms with Crippen LogP contribution in [0.3, 0.4) is 0 Å². The number of para-hydroxylation sites is 2. The van der Waals surface area contributed by atoms with Crippen molar-refractivity contribution in [2.24, 2.45) is 0 Å². The number of hydrogen-bond donors (Lipinski definition) is 0. The fourth-order valence-corrected chi connectivity index (χ4v) is 10.4. The molecule has 0 atom stereocenters. The Bertz CT molecular complexity index is 3280. The van der Waals surface area contributed by atoms with E-state index in [1.54, 1.807) is 0 Å². The number of fused-ring (bicyclic) bond motifs is 10. The summed E-state index contributed by atoms with van der Waals surface area (Å²) in [6, 6.07) is 76.0. The van der Waals surface area contributed by atoms with Crippen LogP contribution >= 0.6 is 0 Å². The summed E-state index contributed by atoms with van der Waals surface area (Å²) in [4.78, 5) is 2.42. The summed E-state index contributed by atoms with van der Waals surface area (Å²) in [5.41, 5.74) is 22.9. The van der Waals surface area contributed by atoms with Crippen molar-refractivity contribution in [3.05, 3.63) is 229 Å². The van der Waals surface area contributed by atoms with E-state index in [2.05, 4.69) is 230 Å². The molecule has 0 N–H and O–H groups in total. The minimum Gasteiger partial charge on any atom is -0.310 e. The zero-order valence-electron chi connectivity index (χ0n) is 33.7. The largest absolute Gasteiger partial charge is 0.310 e. The Balaban J connectivity index is 0.950. The molecule has 12 rings (SSSR count). The molecule has 1 heterocycles. The van der Waals surface area contributed by atoms with Gasteiger partial charge in [-0.05, 0) is 134 Å². The van der Waals surface area contributed by atoms with Gasteiger partial charge in [0.1, 0.15) is 0 Å². The van der Waals surface area contributed by atoms with Crippen molar-refractivity contribution in [1.82, 2.24) is 4.57 Å². The van der Waals surface area contributed by atoms with Crippen LogP contribution in [-0.2, 0) is 11.8 Å². The van der Waals surface area contributed by atoms with Crippen LogP contribution in [0.2, 0.25) is 0 Å². The second-order valence-electron chi connectivity index (χ2n) is 16.9. The van der Waals surface area contributed by atoms with Gasteiger partial charge in [0, 0.05) is 38.9 Å². The van der Waals surface area contributed by atoms with E-state index in [1.165, 1.54) is 94.3 Å². The van der Waals surface area contributed by atoms with Crippen LogP contribution in [0.4, 0.5) is 17.1 Å². The zero-order valence-corrected chi connectivity index (χ0v) is 33.7. The van der Waals surface area contributed by atoms with Gasteiger partial charge < -0.3 is 9.47 Å². The molecule has 284 valence electrons. The van der Waals surface area contributed by atoms with E-state index in [0.717, 1.165) is 23.5 Å². The minimum absolute atomic E-state index is 0.0953. The Labute approximate surface area is 351 Å². The maximum Gasteiger partial charge on any atom is 0.0544 e. The third-order valence-electron chi connectivity index (χ3n) is 13.3. The van der Waals surface area contributed by atoms with Crippen LogP contribution in [0.15, 0.2) is 206 Å². The number of anilines is 3. The molecule has 2 nitrogen and oxygen atoms in total. The van der Waals surface area contributed by atoms with Gasteiger partial charge in [-0.2, -0.15) is 0 Å². The molecule has 0 amide bonds. The first-order valence-electron chi connectivity index (χ1n) is 21.1. The maximum absolute atomic E-state index is 2.43. The van der Waals surface area contributed by atoms with Gasteiger partial charge in [0.25, 0.3) is 0 Å². The molecule has 0 unspecified atom stereocenters. The average Bonchev–Trinajstić information content (AvgIpc) is 3.93. The van der Waals surface area contributed by atoms with E-state index in [0.29, 0.717) is 0 Å². The highest BCUT2D eigenvalue weighted by molar-refractivity contribution is 6.14. The maximum atomic E-state index is 2.43. The molecular weight excluding hydrogens is 725 g/mol. The number of rotatable bonds is 6. The molecule has 10 aromatic rings. The van der Waals surface area contributed by atoms with Crippen molar-refractivity contribution in [1.29, 1.82) is 0 Å². The zero-order chi connectivity index (χ0) is 40.0. The van der Waals surface area contributed by atoms with Gasteiger partial charge in [-0.15, -0.1) is 0 Å². The van der Waals surface area contributed by atoms with Crippen molar-refractivity contribution < 1.29 is 0 Å². The molecule has 0 radical (unpaired) electrons. The molecule has 2 aliphatic carbocycles. The van der Waals surface area contributed by atoms with Gasteiger partial charge in [0.15, 0.2) is 0 Å². The average molecular weight is 767 g/mol. The molecule has 0 fully saturated rings. The molecular formula is C58H42N2. The van der Waals surface area contributed by atoms with Crippen LogP contribution in [0.25, 0.3) is 72.0 Å². The normalized spacial score (nSPS) is 13.2. The van der Waals surface area contributed by atoms with Gasteiger partial charge in [-0.3, -0.25) is 0 Å². The number of hydrogen-bond acceptors (Lipinski definition) is 1. The van der Waals surface area contributed by atoms with Crippen LogP contribution in [0.1, 0.15) is 36.1 Å². The van der Waals surface area contributed by atoms with E-state index in [1.807, 2.05) is 0 Å². The minimum atomic E-state index is -0.0953. The molecule has 2 heteroatoms. The molecule has 60 heavy (non-hydrogen) atoms. The Hall–Kier alpha value is -7.42. The van der Waals surface area contributed by atoms with Crippen molar-refractivity contribution in [3.8, 4) is 50.2 Å². The Kier molecular flexibility index (Phi) is 7.68. The molecule has 0 aliphatic heterocycles. The summed E-state index contributed by atoms with van der Waals surface area (Å²) in [7, 11) is 0. The Morgan fingerprint density at radius 1 is 0.400 bits per heavy atom. The molecule has 1 aromatic heterocycles. The smallest absolute Gasteiger partial charge is 0.0544 e. The predicted molar refractivity (Wildman–Crippen MR) is 252 cm³/mol. The predicted octanol–water partition coefficient (Wildman–Crippen LogP) is 15.5. The van der Waals surface area contributed by atoms with E-state index < -0.39 is 0 Å². The lowest BCUT2D eigenvalue weighted by molar-refractivity contribution is 0.660. The van der Waals surface area contributed by atoms with Gasteiger partial charge in [-0.1, -0.05) is 159 Å². The van der Waals surface area contributed by atoms with Gasteiger partial charge in [-0.25, -0.2) is 0 Å². The van der Waals surface area contributed by atoms with E-state index in [4.69, 9.17) is 0 Å². The lowest BCUT2D eigenvalue weighted by Crippen LogP contribution is -2.16. The van der Waals surface area contributed by atoms with E-state index >= 15 is 0 Å². The quantitative estimate of drug-likeness (QED) is 0.164. The Morgan fingerprint density at radius 3 is 1.75 bits per heavy atom. The monoisotopic (exact) mass is 766 g/mol. The van der Waals surface area contributed by atoms with Crippen LogP contribution in [0, 0.1) is 0 Å². The third kappa shape index (κ3) is 5.20. The molecule has 0 saturated heterocycles. The Morgan fingerprint density at radius 2 is 0.967 bits per heavy atom. The number of nitrogens with zero attached hydrogens (tertiary/aromatic N) is 2. The van der Waals surface area contributed by atoms with Gasteiger partial charge in [0.2, 0.25) is 0 Å². The fourth-order valence-electron chi connectivity index (χ4n) is 10.4. The van der Waals surface area contributed by atoms with Crippen molar-refractivity contribution in [2.45, 2.75) is 25.7 Å². The second-order valence-corrected chi connectivity index (χ2v) is 16.9. The van der Waals surface area contributed by atoms with Gasteiger partial charge >= 0.3 is 0 Å². The summed E-state index contributed by atoms with van der Waals surface area (Å²) in [6.07, 6.45) is 0.899. The van der Waals surface area contributed by atoms with Crippen LogP contribution in [0.5, 0.6) is 0 Å². The summed E-state index contributed by atoms with van der Waals surface area (Å²) in [5.74, 6) is 0. The van der Waals surface area contributed by atoms with Crippen LogP contribution in [-0.4, -0.2) is 4.57 Å². The topological polar surface area (TPSA) is 8.17 Å². The fraction of sp³-hybridized carbons (Fsp3) is 0.0690. The summed E-state index contributed by atoms with van der Waals surface area (Å²) in [5, 5.41) is 2.67. The van der Waals surface area contributed by atoms with Crippen molar-refractivity contribution in [2.75, 3.05) is 4.90 Å². The molecule has 0 spiro atoms. The molecule has 9 aromatic carbocycles. The lowest BCUT2D eigenvalue weighted by atomic mass is 9.82. The molecule has 0 bridgehead atoms. The highest BCUT2D eigenvalue weighted by Gasteiger charge is 2.36. The first kappa shape index (κ1) is 34.6. The van der Waals surface area contributed by atoms with Crippen molar-refractivity contribution >= 4 is 38.9 Å². The highest BCUT2D eigenvalue weighted by Crippen LogP contribution is 2.51. The molecule has 2 aliphatic rings. The standard InChI is InChI=1S/C58H42N2/c1-58(2)53-22-11-9-18-48(53)49-33-32-44(36-54(49)58)59(42-28-24-39(25-29-42)38-14-5-3-6-15-38)43-30-26-40(27-31-43)45-20-13-21-46-47-34-35-56-57(52(47)37-51(45)46)50-19-10-12-23-55(50)60(56)41-16-7-4-8-17-41/h3-36H,37H2,1-2H3. The van der Waals surface area contributed by atoms with Crippen molar-refractivity contribution in [3.63, 3.8) is 0 Å². The van der Waals surface area contributed by atoms with E-state index in [-0.39, 0.29) is 5.41 Å². The summed E-state index contributed by atoms with van der Waals surface area (Å²) >= 11 is 0. The highest BCUT2D eigenvalue weighted by atomic mass is 15.1. The summed E-state index contributed by atoms with van der Waals surface area (Å²) in [6.45, 7) is 4.72. The number of aromatic nitrogens is 1. The lowest BCUT2D eigenvalue weighted by Gasteiger charge is -2.28. The first-order valence-corrected chi connectivity index (χ1v) is 21.1. The molecule has 0 saturated carbocycles. The van der Waals surface area contributed by atoms with Gasteiger partial charge in [0.05, 0.1) is 11.0 Å². The second kappa shape index (κ2) is 13.3. The van der Waals surface area contributed by atoms with Crippen LogP contribution < -0.4 is 4.90 Å². The number of benzene rings is 9. The van der Waals surface area contributed by atoms with E-state index in [9.17, 15) is 0 Å². The summed E-state index contributed by atoms with van der Waals surface area (Å²) < 4.78 is 2.43. The SMILES string of the molecule is CC1(C)c2ccccc2-c2ccc(N(c3ccc(-c4ccccc4)cc3)c3ccc(-c4cccc5c4Cc4c-5ccc5c4c4ccccc4n5-c4ccccc4)cc3)cc21. The third-order valence-corrected chi connectivity index (χ3v) is 13.3. The first-order chi connectivity index (χ1) is 29.5.